The summed E-state index contributed by atoms with van der Waals surface area (Å²) < 4.78 is 5.30. The molecule has 2 nitrogen and oxygen atoms in total. The lowest BCUT2D eigenvalue weighted by Crippen LogP contribution is -1.78. The molecule has 0 saturated carbocycles. The van der Waals surface area contributed by atoms with Crippen molar-refractivity contribution in [2.45, 2.75) is 6.92 Å². The van der Waals surface area contributed by atoms with Gasteiger partial charge in [0, 0.05) is 10.6 Å². The van der Waals surface area contributed by atoms with E-state index < -0.39 is 0 Å². The summed E-state index contributed by atoms with van der Waals surface area (Å²) in [5.74, 6) is 1.01. The van der Waals surface area contributed by atoms with Gasteiger partial charge in [0.15, 0.2) is 12.0 Å². The van der Waals surface area contributed by atoms with E-state index in [1.54, 1.807) is 12.1 Å². The van der Waals surface area contributed by atoms with Gasteiger partial charge in [-0.25, -0.2) is 0 Å². The van der Waals surface area contributed by atoms with E-state index in [1.807, 2.05) is 25.1 Å². The number of carbonyl (C=O) groups excluding carboxylic acids is 1. The van der Waals surface area contributed by atoms with Gasteiger partial charge in [-0.3, -0.25) is 4.79 Å². The molecule has 0 radical (unpaired) electrons. The Morgan fingerprint density at radius 3 is 2.67 bits per heavy atom. The number of hydrogen-bond donors (Lipinski definition) is 0. The fraction of sp³-hybridized carbons (Fsp3) is 0.0833. The smallest absolute Gasteiger partial charge is 0.185 e. The van der Waals surface area contributed by atoms with E-state index in [9.17, 15) is 4.79 Å². The lowest BCUT2D eigenvalue weighted by Gasteiger charge is -2.00. The third-order valence-electron chi connectivity index (χ3n) is 2.19. The van der Waals surface area contributed by atoms with Crippen LogP contribution in [-0.4, -0.2) is 6.29 Å². The van der Waals surface area contributed by atoms with Crippen LogP contribution in [0, 0.1) is 6.92 Å². The molecule has 0 aliphatic rings. The third-order valence-corrected chi connectivity index (χ3v) is 2.61. The molecular formula is C12H9ClO2. The molecule has 2 rings (SSSR count). The molecule has 0 fully saturated rings. The SMILES string of the molecule is Cc1cc(-c2ccc(C=O)o2)ccc1Cl. The molecule has 0 aliphatic heterocycles. The zero-order chi connectivity index (χ0) is 10.8. The van der Waals surface area contributed by atoms with Crippen LogP contribution in [0.4, 0.5) is 0 Å². The van der Waals surface area contributed by atoms with Crippen molar-refractivity contribution in [3.8, 4) is 11.3 Å². The molecule has 0 amide bonds. The summed E-state index contributed by atoms with van der Waals surface area (Å²) in [6, 6.07) is 9.02. The first-order valence-corrected chi connectivity index (χ1v) is 4.90. The predicted molar refractivity (Wildman–Crippen MR) is 59.3 cm³/mol. The Morgan fingerprint density at radius 2 is 2.07 bits per heavy atom. The predicted octanol–water partition coefficient (Wildman–Crippen LogP) is 3.72. The summed E-state index contributed by atoms with van der Waals surface area (Å²) >= 11 is 5.91. The molecule has 2 aromatic rings. The van der Waals surface area contributed by atoms with Gasteiger partial charge in [0.25, 0.3) is 0 Å². The molecule has 0 saturated heterocycles. The lowest BCUT2D eigenvalue weighted by molar-refractivity contribution is 0.110. The third kappa shape index (κ3) is 1.95. The van der Waals surface area contributed by atoms with Crippen LogP contribution in [0.15, 0.2) is 34.7 Å². The van der Waals surface area contributed by atoms with E-state index in [4.69, 9.17) is 16.0 Å². The summed E-state index contributed by atoms with van der Waals surface area (Å²) in [5, 5.41) is 0.723. The lowest BCUT2D eigenvalue weighted by atomic mass is 10.1. The van der Waals surface area contributed by atoms with E-state index in [1.165, 1.54) is 0 Å². The summed E-state index contributed by atoms with van der Waals surface area (Å²) in [5.41, 5.74) is 1.91. The standard InChI is InChI=1S/C12H9ClO2/c1-8-6-9(2-4-11(8)13)12-5-3-10(7-14)15-12/h2-7H,1H3. The maximum absolute atomic E-state index is 10.5. The number of hydrogen-bond acceptors (Lipinski definition) is 2. The van der Waals surface area contributed by atoms with Crippen LogP contribution in [0.2, 0.25) is 5.02 Å². The van der Waals surface area contributed by atoms with Crippen LogP contribution >= 0.6 is 11.6 Å². The molecule has 0 atom stereocenters. The van der Waals surface area contributed by atoms with Gasteiger partial charge in [0.2, 0.25) is 0 Å². The van der Waals surface area contributed by atoms with Crippen molar-refractivity contribution in [2.75, 3.05) is 0 Å². The van der Waals surface area contributed by atoms with Gasteiger partial charge in [-0.05, 0) is 42.8 Å². The Hall–Kier alpha value is -1.54. The zero-order valence-corrected chi connectivity index (χ0v) is 8.91. The highest BCUT2D eigenvalue weighted by atomic mass is 35.5. The summed E-state index contributed by atoms with van der Waals surface area (Å²) in [7, 11) is 0. The molecule has 15 heavy (non-hydrogen) atoms. The molecule has 0 bridgehead atoms. The summed E-state index contributed by atoms with van der Waals surface area (Å²) in [6.45, 7) is 1.93. The zero-order valence-electron chi connectivity index (χ0n) is 8.16. The quantitative estimate of drug-likeness (QED) is 0.722. The Morgan fingerprint density at radius 1 is 1.27 bits per heavy atom. The van der Waals surface area contributed by atoms with Crippen LogP contribution in [0.1, 0.15) is 16.1 Å². The van der Waals surface area contributed by atoms with Crippen molar-refractivity contribution < 1.29 is 9.21 Å². The molecule has 0 unspecified atom stereocenters. The van der Waals surface area contributed by atoms with Crippen molar-refractivity contribution in [1.29, 1.82) is 0 Å². The highest BCUT2D eigenvalue weighted by Crippen LogP contribution is 2.25. The highest BCUT2D eigenvalue weighted by molar-refractivity contribution is 6.31. The van der Waals surface area contributed by atoms with Crippen molar-refractivity contribution >= 4 is 17.9 Å². The van der Waals surface area contributed by atoms with Gasteiger partial charge in [0.05, 0.1) is 0 Å². The van der Waals surface area contributed by atoms with Crippen LogP contribution in [0.25, 0.3) is 11.3 Å². The second-order valence-electron chi connectivity index (χ2n) is 3.28. The van der Waals surface area contributed by atoms with Gasteiger partial charge in [-0.15, -0.1) is 0 Å². The number of furan rings is 1. The van der Waals surface area contributed by atoms with Crippen LogP contribution in [0.3, 0.4) is 0 Å². The number of aldehydes is 1. The number of carbonyl (C=O) groups is 1. The minimum Gasteiger partial charge on any atom is -0.453 e. The molecule has 0 aliphatic carbocycles. The average molecular weight is 221 g/mol. The van der Waals surface area contributed by atoms with E-state index >= 15 is 0 Å². The van der Waals surface area contributed by atoms with Crippen molar-refractivity contribution in [3.63, 3.8) is 0 Å². The maximum atomic E-state index is 10.5. The van der Waals surface area contributed by atoms with Crippen molar-refractivity contribution in [1.82, 2.24) is 0 Å². The second kappa shape index (κ2) is 3.91. The van der Waals surface area contributed by atoms with Crippen molar-refractivity contribution in [2.24, 2.45) is 0 Å². The Labute approximate surface area is 92.5 Å². The average Bonchev–Trinajstić information content (AvgIpc) is 2.70. The summed E-state index contributed by atoms with van der Waals surface area (Å²) in [6.07, 6.45) is 0.687. The number of benzene rings is 1. The molecule has 3 heteroatoms. The Balaban J connectivity index is 2.44. The van der Waals surface area contributed by atoms with Crippen LogP contribution in [0.5, 0.6) is 0 Å². The minimum atomic E-state index is 0.331. The minimum absolute atomic E-state index is 0.331. The topological polar surface area (TPSA) is 30.2 Å². The monoisotopic (exact) mass is 220 g/mol. The number of aryl methyl sites for hydroxylation is 1. The molecule has 1 aromatic carbocycles. The largest absolute Gasteiger partial charge is 0.453 e. The molecule has 1 aromatic heterocycles. The van der Waals surface area contributed by atoms with Crippen LogP contribution < -0.4 is 0 Å². The van der Waals surface area contributed by atoms with Crippen LogP contribution in [-0.2, 0) is 0 Å². The van der Waals surface area contributed by atoms with Gasteiger partial charge in [0.1, 0.15) is 5.76 Å². The fourth-order valence-corrected chi connectivity index (χ4v) is 1.49. The van der Waals surface area contributed by atoms with Crippen molar-refractivity contribution in [3.05, 3.63) is 46.7 Å². The Kier molecular flexibility index (Phi) is 2.60. The van der Waals surface area contributed by atoms with Gasteiger partial charge in [-0.1, -0.05) is 11.6 Å². The van der Waals surface area contributed by atoms with Gasteiger partial charge >= 0.3 is 0 Å². The molecule has 1 heterocycles. The first kappa shape index (κ1) is 9.99. The first-order valence-electron chi connectivity index (χ1n) is 4.52. The molecule has 0 N–H and O–H groups in total. The first-order chi connectivity index (χ1) is 7.20. The fourth-order valence-electron chi connectivity index (χ4n) is 1.37. The number of rotatable bonds is 2. The normalized spacial score (nSPS) is 10.3. The second-order valence-corrected chi connectivity index (χ2v) is 3.69. The maximum Gasteiger partial charge on any atom is 0.185 e. The van der Waals surface area contributed by atoms with Gasteiger partial charge in [-0.2, -0.15) is 0 Å². The molecule has 0 spiro atoms. The van der Waals surface area contributed by atoms with E-state index in [0.29, 0.717) is 17.8 Å². The molecule has 76 valence electrons. The van der Waals surface area contributed by atoms with E-state index in [0.717, 1.165) is 16.1 Å². The number of halogens is 1. The highest BCUT2D eigenvalue weighted by Gasteiger charge is 2.05. The van der Waals surface area contributed by atoms with Gasteiger partial charge < -0.3 is 4.42 Å². The van der Waals surface area contributed by atoms with E-state index in [-0.39, 0.29) is 0 Å². The van der Waals surface area contributed by atoms with E-state index in [2.05, 4.69) is 0 Å². The Bertz CT molecular complexity index is 500. The summed E-state index contributed by atoms with van der Waals surface area (Å²) in [4.78, 5) is 10.5. The molecular weight excluding hydrogens is 212 g/mol.